The average Bonchev–Trinajstić information content (AvgIpc) is 2.43. The predicted molar refractivity (Wildman–Crippen MR) is 82.3 cm³/mol. The van der Waals surface area contributed by atoms with Crippen molar-refractivity contribution in [2.24, 2.45) is 5.92 Å². The van der Waals surface area contributed by atoms with Gasteiger partial charge in [-0.3, -0.25) is 10.1 Å². The van der Waals surface area contributed by atoms with Gasteiger partial charge in [0.1, 0.15) is 0 Å². The molecule has 0 radical (unpaired) electrons. The summed E-state index contributed by atoms with van der Waals surface area (Å²) in [6, 6.07) is 3.56. The van der Waals surface area contributed by atoms with E-state index in [0.717, 1.165) is 29.3 Å². The molecule has 110 valence electrons. The highest BCUT2D eigenvalue weighted by Gasteiger charge is 2.15. The molecule has 4 nitrogen and oxygen atoms in total. The van der Waals surface area contributed by atoms with Crippen LogP contribution in [0.15, 0.2) is 12.1 Å². The lowest BCUT2D eigenvalue weighted by Gasteiger charge is -2.22. The maximum Gasteiger partial charge on any atom is 0.272 e. The summed E-state index contributed by atoms with van der Waals surface area (Å²) in [4.78, 5) is 10.6. The molecule has 4 heteroatoms. The number of nitrogens with one attached hydrogen (secondary N) is 1. The fourth-order valence-electron chi connectivity index (χ4n) is 3.07. The summed E-state index contributed by atoms with van der Waals surface area (Å²) in [6.45, 7) is 4.68. The van der Waals surface area contributed by atoms with Crippen LogP contribution in [-0.4, -0.2) is 11.5 Å². The number of hydrogen-bond donors (Lipinski definition) is 1. The van der Waals surface area contributed by atoms with E-state index in [9.17, 15) is 10.1 Å². The number of nitrogens with zero attached hydrogens (tertiary/aromatic N) is 1. The molecule has 0 amide bonds. The largest absolute Gasteiger partial charge is 0.385 e. The minimum atomic E-state index is -0.311. The highest BCUT2D eigenvalue weighted by atomic mass is 16.6. The molecule has 1 aromatic rings. The van der Waals surface area contributed by atoms with E-state index in [4.69, 9.17) is 0 Å². The molecule has 0 heterocycles. The first-order valence-corrected chi connectivity index (χ1v) is 7.57. The Labute approximate surface area is 120 Å². The van der Waals surface area contributed by atoms with Crippen LogP contribution in [-0.2, 0) is 0 Å². The fraction of sp³-hybridized carbons (Fsp3) is 0.625. The molecule has 0 atom stereocenters. The third-order valence-electron chi connectivity index (χ3n) is 4.33. The van der Waals surface area contributed by atoms with E-state index >= 15 is 0 Å². The molecule has 1 aromatic carbocycles. The van der Waals surface area contributed by atoms with Crippen molar-refractivity contribution in [2.45, 2.75) is 52.4 Å². The summed E-state index contributed by atoms with van der Waals surface area (Å²) >= 11 is 0. The lowest BCUT2D eigenvalue weighted by molar-refractivity contribution is -0.385. The molecule has 0 aromatic heterocycles. The number of nitro groups is 1. The van der Waals surface area contributed by atoms with E-state index in [2.05, 4.69) is 5.32 Å². The summed E-state index contributed by atoms with van der Waals surface area (Å²) < 4.78 is 0. The molecular weight excluding hydrogens is 252 g/mol. The number of aryl methyl sites for hydroxylation is 2. The minimum Gasteiger partial charge on any atom is -0.385 e. The van der Waals surface area contributed by atoms with Crippen LogP contribution in [0.25, 0.3) is 0 Å². The second-order valence-electron chi connectivity index (χ2n) is 5.93. The van der Waals surface area contributed by atoms with Gasteiger partial charge in [0.2, 0.25) is 0 Å². The summed E-state index contributed by atoms with van der Waals surface area (Å²) in [5, 5.41) is 14.3. The van der Waals surface area contributed by atoms with Crippen molar-refractivity contribution in [2.75, 3.05) is 11.9 Å². The molecule has 20 heavy (non-hydrogen) atoms. The first-order chi connectivity index (χ1) is 9.58. The lowest BCUT2D eigenvalue weighted by atomic mass is 9.87. The Morgan fingerprint density at radius 2 is 1.90 bits per heavy atom. The molecule has 1 aliphatic rings. The first kappa shape index (κ1) is 14.8. The summed E-state index contributed by atoms with van der Waals surface area (Å²) in [5.74, 6) is 0.857. The zero-order chi connectivity index (χ0) is 14.5. The van der Waals surface area contributed by atoms with Crippen molar-refractivity contribution in [3.8, 4) is 0 Å². The Bertz CT molecular complexity index is 480. The maximum absolute atomic E-state index is 10.9. The topological polar surface area (TPSA) is 55.2 Å². The highest BCUT2D eigenvalue weighted by Crippen LogP contribution is 2.28. The second-order valence-corrected chi connectivity index (χ2v) is 5.93. The van der Waals surface area contributed by atoms with Crippen LogP contribution in [0.5, 0.6) is 0 Å². The van der Waals surface area contributed by atoms with Gasteiger partial charge in [-0.1, -0.05) is 32.1 Å². The molecule has 1 aliphatic carbocycles. The number of nitro benzene ring substituents is 1. The van der Waals surface area contributed by atoms with Gasteiger partial charge in [0, 0.05) is 23.9 Å². The molecular formula is C16H24N2O2. The molecule has 2 rings (SSSR count). The third kappa shape index (κ3) is 3.71. The normalized spacial score (nSPS) is 16.1. The van der Waals surface area contributed by atoms with E-state index in [0.29, 0.717) is 0 Å². The Morgan fingerprint density at radius 1 is 1.20 bits per heavy atom. The number of hydrogen-bond acceptors (Lipinski definition) is 3. The van der Waals surface area contributed by atoms with Crippen LogP contribution >= 0.6 is 0 Å². The van der Waals surface area contributed by atoms with Gasteiger partial charge in [-0.25, -0.2) is 0 Å². The van der Waals surface area contributed by atoms with E-state index < -0.39 is 0 Å². The third-order valence-corrected chi connectivity index (χ3v) is 4.33. The molecule has 1 N–H and O–H groups in total. The van der Waals surface area contributed by atoms with Gasteiger partial charge in [-0.2, -0.15) is 0 Å². The van der Waals surface area contributed by atoms with Gasteiger partial charge in [-0.15, -0.1) is 0 Å². The average molecular weight is 276 g/mol. The van der Waals surface area contributed by atoms with Gasteiger partial charge in [-0.05, 0) is 37.8 Å². The Kier molecular flexibility index (Phi) is 4.99. The fourth-order valence-corrected chi connectivity index (χ4v) is 3.07. The van der Waals surface area contributed by atoms with Gasteiger partial charge in [0.25, 0.3) is 5.69 Å². The minimum absolute atomic E-state index is 0.209. The van der Waals surface area contributed by atoms with Crippen molar-refractivity contribution in [1.82, 2.24) is 0 Å². The standard InChI is InChI=1S/C16H24N2O2/c1-12-11-16(18(19)20)13(2)10-15(12)17-9-8-14-6-4-3-5-7-14/h10-11,14,17H,3-9H2,1-2H3. The summed E-state index contributed by atoms with van der Waals surface area (Å²) in [7, 11) is 0. The van der Waals surface area contributed by atoms with Crippen LogP contribution in [0.2, 0.25) is 0 Å². The lowest BCUT2D eigenvalue weighted by Crippen LogP contribution is -2.12. The Hall–Kier alpha value is -1.58. The van der Waals surface area contributed by atoms with E-state index in [1.807, 2.05) is 13.0 Å². The Balaban J connectivity index is 1.92. The number of benzene rings is 1. The highest BCUT2D eigenvalue weighted by molar-refractivity contribution is 5.59. The van der Waals surface area contributed by atoms with Crippen LogP contribution in [0.1, 0.15) is 49.7 Å². The van der Waals surface area contributed by atoms with Crippen molar-refractivity contribution >= 4 is 11.4 Å². The zero-order valence-electron chi connectivity index (χ0n) is 12.4. The van der Waals surface area contributed by atoms with Gasteiger partial charge < -0.3 is 5.32 Å². The van der Waals surface area contributed by atoms with Crippen molar-refractivity contribution in [1.29, 1.82) is 0 Å². The van der Waals surface area contributed by atoms with Crippen molar-refractivity contribution in [3.05, 3.63) is 33.4 Å². The van der Waals surface area contributed by atoms with Gasteiger partial charge in [0.15, 0.2) is 0 Å². The number of rotatable bonds is 5. The second kappa shape index (κ2) is 6.73. The molecule has 1 saturated carbocycles. The van der Waals surface area contributed by atoms with E-state index in [1.54, 1.807) is 13.0 Å². The van der Waals surface area contributed by atoms with Crippen molar-refractivity contribution < 1.29 is 4.92 Å². The van der Waals surface area contributed by atoms with Crippen LogP contribution in [0, 0.1) is 29.9 Å². The SMILES string of the molecule is Cc1cc([N+](=O)[O-])c(C)cc1NCCC1CCCCC1. The van der Waals surface area contributed by atoms with Gasteiger partial charge in [0.05, 0.1) is 4.92 Å². The van der Waals surface area contributed by atoms with Crippen LogP contribution < -0.4 is 5.32 Å². The molecule has 0 saturated heterocycles. The van der Waals surface area contributed by atoms with Crippen LogP contribution in [0.3, 0.4) is 0 Å². The molecule has 0 aliphatic heterocycles. The quantitative estimate of drug-likeness (QED) is 0.632. The zero-order valence-corrected chi connectivity index (χ0v) is 12.4. The van der Waals surface area contributed by atoms with E-state index in [1.165, 1.54) is 38.5 Å². The molecule has 1 fully saturated rings. The van der Waals surface area contributed by atoms with Gasteiger partial charge >= 0.3 is 0 Å². The summed E-state index contributed by atoms with van der Waals surface area (Å²) in [5.41, 5.74) is 2.91. The molecule has 0 unspecified atom stereocenters. The molecule has 0 spiro atoms. The smallest absolute Gasteiger partial charge is 0.272 e. The summed E-state index contributed by atoms with van der Waals surface area (Å²) in [6.07, 6.45) is 8.07. The monoisotopic (exact) mass is 276 g/mol. The van der Waals surface area contributed by atoms with Crippen LogP contribution in [0.4, 0.5) is 11.4 Å². The predicted octanol–water partition coefficient (Wildman–Crippen LogP) is 4.59. The first-order valence-electron chi connectivity index (χ1n) is 7.57. The van der Waals surface area contributed by atoms with E-state index in [-0.39, 0.29) is 10.6 Å². The molecule has 0 bridgehead atoms. The maximum atomic E-state index is 10.9. The number of anilines is 1. The Morgan fingerprint density at radius 3 is 2.55 bits per heavy atom. The van der Waals surface area contributed by atoms with Crippen molar-refractivity contribution in [3.63, 3.8) is 0 Å².